The van der Waals surface area contributed by atoms with Gasteiger partial charge in [0.1, 0.15) is 12.1 Å². The summed E-state index contributed by atoms with van der Waals surface area (Å²) < 4.78 is 5.68. The van der Waals surface area contributed by atoms with Crippen LogP contribution in [0.25, 0.3) is 0 Å². The highest BCUT2D eigenvalue weighted by atomic mass is 35.5. The third kappa shape index (κ3) is 4.45. The number of aliphatic hydroxyl groups is 1. The van der Waals surface area contributed by atoms with Gasteiger partial charge in [-0.1, -0.05) is 30.7 Å². The Kier molecular flexibility index (Phi) is 6.51. The second kappa shape index (κ2) is 9.54. The molecule has 0 unspecified atom stereocenters. The molecular formula is C24H30ClN5O3. The van der Waals surface area contributed by atoms with Crippen LogP contribution in [-0.4, -0.2) is 77.9 Å². The number of benzene rings is 1. The molecular weight excluding hydrogens is 442 g/mol. The summed E-state index contributed by atoms with van der Waals surface area (Å²) in [5.74, 6) is 0.898. The number of carbonyl (C=O) groups is 1. The number of nitrogens with zero attached hydrogens (tertiary/aromatic N) is 4. The maximum absolute atomic E-state index is 13.7. The molecule has 3 aliphatic rings. The Morgan fingerprint density at radius 1 is 1.21 bits per heavy atom. The number of aromatic nitrogens is 2. The van der Waals surface area contributed by atoms with Gasteiger partial charge in [0.25, 0.3) is 0 Å². The molecule has 3 heterocycles. The van der Waals surface area contributed by atoms with E-state index in [9.17, 15) is 9.90 Å². The van der Waals surface area contributed by atoms with Crippen molar-refractivity contribution < 1.29 is 14.6 Å². The number of amides is 1. The Balaban J connectivity index is 1.32. The molecule has 8 nitrogen and oxygen atoms in total. The van der Waals surface area contributed by atoms with E-state index in [1.54, 1.807) is 0 Å². The van der Waals surface area contributed by atoms with Crippen molar-refractivity contribution in [2.45, 2.75) is 37.3 Å². The summed E-state index contributed by atoms with van der Waals surface area (Å²) in [6.07, 6.45) is 1.70. The van der Waals surface area contributed by atoms with Crippen molar-refractivity contribution in [2.75, 3.05) is 50.8 Å². The molecule has 1 aromatic heterocycles. The van der Waals surface area contributed by atoms with E-state index in [1.807, 2.05) is 29.2 Å². The zero-order chi connectivity index (χ0) is 22.9. The number of rotatable bonds is 4. The van der Waals surface area contributed by atoms with Crippen molar-refractivity contribution >= 4 is 23.3 Å². The van der Waals surface area contributed by atoms with Crippen molar-refractivity contribution in [3.63, 3.8) is 0 Å². The molecule has 2 saturated heterocycles. The van der Waals surface area contributed by atoms with Gasteiger partial charge < -0.3 is 25.0 Å². The number of anilines is 1. The van der Waals surface area contributed by atoms with Crippen molar-refractivity contribution in [1.82, 2.24) is 20.2 Å². The van der Waals surface area contributed by atoms with Gasteiger partial charge in [-0.25, -0.2) is 9.97 Å². The molecule has 2 fully saturated rings. The summed E-state index contributed by atoms with van der Waals surface area (Å²) >= 11 is 6.10. The molecule has 2 N–H and O–H groups in total. The summed E-state index contributed by atoms with van der Waals surface area (Å²) in [6.45, 7) is 6.63. The van der Waals surface area contributed by atoms with Crippen molar-refractivity contribution in [2.24, 2.45) is 0 Å². The van der Waals surface area contributed by atoms with Crippen molar-refractivity contribution in [1.29, 1.82) is 0 Å². The molecule has 0 saturated carbocycles. The number of nitrogens with one attached hydrogen (secondary N) is 1. The Hall–Kier alpha value is -2.26. The molecule has 5 rings (SSSR count). The molecule has 1 aliphatic carbocycles. The summed E-state index contributed by atoms with van der Waals surface area (Å²) in [5, 5.41) is 14.4. The van der Waals surface area contributed by atoms with E-state index < -0.39 is 6.10 Å². The molecule has 0 bridgehead atoms. The van der Waals surface area contributed by atoms with Gasteiger partial charge in [0, 0.05) is 49.4 Å². The van der Waals surface area contributed by atoms with Gasteiger partial charge in [0.05, 0.1) is 30.9 Å². The SMILES string of the molecule is C[C@@H]1C[C@@H](O)c2ncnc(N3CCN(C(=O)[C@@H](c4ccc(Cl)cc4)[C@@H]4COCCN4)CC3)c21. The fourth-order valence-corrected chi connectivity index (χ4v) is 5.43. The molecule has 2 aliphatic heterocycles. The highest BCUT2D eigenvalue weighted by Crippen LogP contribution is 2.42. The number of piperazine rings is 1. The largest absolute Gasteiger partial charge is 0.387 e. The lowest BCUT2D eigenvalue weighted by atomic mass is 9.89. The number of hydrogen-bond donors (Lipinski definition) is 2. The molecule has 33 heavy (non-hydrogen) atoms. The minimum Gasteiger partial charge on any atom is -0.387 e. The van der Waals surface area contributed by atoms with E-state index in [0.717, 1.165) is 29.2 Å². The second-order valence-corrected chi connectivity index (χ2v) is 9.56. The molecule has 9 heteroatoms. The summed E-state index contributed by atoms with van der Waals surface area (Å²) in [5.41, 5.74) is 2.75. The van der Waals surface area contributed by atoms with Gasteiger partial charge in [0.15, 0.2) is 0 Å². The summed E-state index contributed by atoms with van der Waals surface area (Å²) in [4.78, 5) is 26.8. The normalized spacial score (nSPS) is 26.2. The molecule has 4 atom stereocenters. The van der Waals surface area contributed by atoms with Gasteiger partial charge in [-0.3, -0.25) is 4.79 Å². The van der Waals surface area contributed by atoms with E-state index in [1.165, 1.54) is 6.33 Å². The number of aliphatic hydroxyl groups excluding tert-OH is 1. The first kappa shape index (κ1) is 22.5. The predicted molar refractivity (Wildman–Crippen MR) is 126 cm³/mol. The molecule has 2 aromatic rings. The standard InChI is InChI=1S/C24H30ClN5O3/c1-15-12-19(31)22-20(15)23(28-14-27-22)29-7-9-30(10-8-29)24(32)21(18-13-33-11-6-26-18)16-2-4-17(25)5-3-16/h2-5,14-15,18-19,21,26,31H,6-13H2,1H3/t15-,18+,19-,21+/m1/s1. The van der Waals surface area contributed by atoms with Gasteiger partial charge in [0.2, 0.25) is 5.91 Å². The maximum atomic E-state index is 13.7. The highest BCUT2D eigenvalue weighted by molar-refractivity contribution is 6.30. The highest BCUT2D eigenvalue weighted by Gasteiger charge is 2.37. The first-order valence-corrected chi connectivity index (χ1v) is 12.0. The fraction of sp³-hybridized carbons (Fsp3) is 0.542. The van der Waals surface area contributed by atoms with Crippen LogP contribution in [0.5, 0.6) is 0 Å². The van der Waals surface area contributed by atoms with Crippen molar-refractivity contribution in [3.8, 4) is 0 Å². The van der Waals surface area contributed by atoms with Gasteiger partial charge in [-0.2, -0.15) is 0 Å². The minimum absolute atomic E-state index is 0.0714. The lowest BCUT2D eigenvalue weighted by molar-refractivity contribution is -0.134. The predicted octanol–water partition coefficient (Wildman–Crippen LogP) is 2.09. The number of fused-ring (bicyclic) bond motifs is 1. The van der Waals surface area contributed by atoms with Crippen LogP contribution in [0.1, 0.15) is 48.1 Å². The quantitative estimate of drug-likeness (QED) is 0.705. The van der Waals surface area contributed by atoms with Crippen LogP contribution in [0, 0.1) is 0 Å². The Labute approximate surface area is 198 Å². The van der Waals surface area contributed by atoms with Gasteiger partial charge >= 0.3 is 0 Å². The second-order valence-electron chi connectivity index (χ2n) is 9.13. The van der Waals surface area contributed by atoms with Gasteiger partial charge in [-0.05, 0) is 30.0 Å². The number of carbonyl (C=O) groups excluding carboxylic acids is 1. The molecule has 0 radical (unpaired) electrons. The Morgan fingerprint density at radius 2 is 1.97 bits per heavy atom. The molecule has 1 amide bonds. The van der Waals surface area contributed by atoms with Crippen LogP contribution < -0.4 is 10.2 Å². The number of ether oxygens (including phenoxy) is 1. The third-order valence-corrected chi connectivity index (χ3v) is 7.27. The smallest absolute Gasteiger partial charge is 0.231 e. The average molecular weight is 472 g/mol. The van der Waals surface area contributed by atoms with Crippen LogP contribution >= 0.6 is 11.6 Å². The zero-order valence-electron chi connectivity index (χ0n) is 18.8. The first-order chi connectivity index (χ1) is 16.0. The average Bonchev–Trinajstić information content (AvgIpc) is 3.15. The van der Waals surface area contributed by atoms with Crippen LogP contribution in [0.15, 0.2) is 30.6 Å². The Morgan fingerprint density at radius 3 is 2.67 bits per heavy atom. The fourth-order valence-electron chi connectivity index (χ4n) is 5.31. The maximum Gasteiger partial charge on any atom is 0.231 e. The van der Waals surface area contributed by atoms with E-state index in [0.29, 0.717) is 50.8 Å². The number of hydrogen-bond acceptors (Lipinski definition) is 7. The topological polar surface area (TPSA) is 90.8 Å². The lowest BCUT2D eigenvalue weighted by Gasteiger charge is -2.40. The molecule has 1 aromatic carbocycles. The van der Waals surface area contributed by atoms with Crippen LogP contribution in [0.3, 0.4) is 0 Å². The molecule has 176 valence electrons. The summed E-state index contributed by atoms with van der Waals surface area (Å²) in [7, 11) is 0. The van der Waals surface area contributed by atoms with E-state index in [4.69, 9.17) is 16.3 Å². The van der Waals surface area contributed by atoms with E-state index >= 15 is 0 Å². The minimum atomic E-state index is -0.523. The van der Waals surface area contributed by atoms with Crippen molar-refractivity contribution in [3.05, 3.63) is 52.4 Å². The van der Waals surface area contributed by atoms with Crippen LogP contribution in [0.2, 0.25) is 5.02 Å². The summed E-state index contributed by atoms with van der Waals surface area (Å²) in [6, 6.07) is 7.48. The van der Waals surface area contributed by atoms with E-state index in [2.05, 4.69) is 27.1 Å². The number of morpholine rings is 1. The first-order valence-electron chi connectivity index (χ1n) is 11.7. The number of halogens is 1. The van der Waals surface area contributed by atoms with E-state index in [-0.39, 0.29) is 23.8 Å². The van der Waals surface area contributed by atoms with Gasteiger partial charge in [-0.15, -0.1) is 0 Å². The zero-order valence-corrected chi connectivity index (χ0v) is 19.5. The van der Waals surface area contributed by atoms with Crippen LogP contribution in [-0.2, 0) is 9.53 Å². The molecule has 0 spiro atoms. The van der Waals surface area contributed by atoms with Crippen LogP contribution in [0.4, 0.5) is 5.82 Å². The Bertz CT molecular complexity index is 990. The monoisotopic (exact) mass is 471 g/mol. The third-order valence-electron chi connectivity index (χ3n) is 7.02. The lowest BCUT2D eigenvalue weighted by Crippen LogP contribution is -2.55.